The number of hydrogen-bond donors (Lipinski definition) is 2. The first-order chi connectivity index (χ1) is 15.2. The summed E-state index contributed by atoms with van der Waals surface area (Å²) in [6.45, 7) is 4.42. The van der Waals surface area contributed by atoms with Crippen LogP contribution in [0.5, 0.6) is 0 Å². The second-order valence-corrected chi connectivity index (χ2v) is 10.6. The van der Waals surface area contributed by atoms with Gasteiger partial charge in [-0.2, -0.15) is 0 Å². The van der Waals surface area contributed by atoms with Crippen LogP contribution in [0.3, 0.4) is 0 Å². The third-order valence-electron chi connectivity index (χ3n) is 4.89. The molecule has 4 rings (SSSR count). The van der Waals surface area contributed by atoms with Gasteiger partial charge in [-0.05, 0) is 25.2 Å². The number of likely N-dealkylation sites (N-methyl/N-ethyl adjacent to an activating group) is 1. The molecular formula is C19H22ClN7O3S2. The molecule has 170 valence electrons. The van der Waals surface area contributed by atoms with Gasteiger partial charge in [0.2, 0.25) is 15.9 Å². The van der Waals surface area contributed by atoms with Gasteiger partial charge in [0, 0.05) is 44.9 Å². The van der Waals surface area contributed by atoms with Gasteiger partial charge in [0.15, 0.2) is 10.3 Å². The summed E-state index contributed by atoms with van der Waals surface area (Å²) in [5, 5.41) is 3.17. The predicted octanol–water partition coefficient (Wildman–Crippen LogP) is 2.31. The van der Waals surface area contributed by atoms with Crippen LogP contribution in [0, 0.1) is 0 Å². The van der Waals surface area contributed by atoms with Crippen molar-refractivity contribution in [1.29, 1.82) is 0 Å². The number of amides is 1. The van der Waals surface area contributed by atoms with Crippen LogP contribution in [0.15, 0.2) is 24.4 Å². The van der Waals surface area contributed by atoms with Gasteiger partial charge in [-0.3, -0.25) is 14.4 Å². The van der Waals surface area contributed by atoms with Crippen LogP contribution < -0.4 is 10.0 Å². The second-order valence-electron chi connectivity index (χ2n) is 7.55. The molecule has 0 bridgehead atoms. The highest BCUT2D eigenvalue weighted by atomic mass is 35.5. The van der Waals surface area contributed by atoms with E-state index >= 15 is 0 Å². The van der Waals surface area contributed by atoms with Crippen molar-refractivity contribution in [3.8, 4) is 11.3 Å². The molecule has 2 N–H and O–H groups in total. The number of rotatable bonds is 6. The number of thiazole rings is 1. The third kappa shape index (κ3) is 5.51. The van der Waals surface area contributed by atoms with E-state index in [1.54, 1.807) is 18.2 Å². The van der Waals surface area contributed by atoms with Crippen LogP contribution in [0.1, 0.15) is 6.92 Å². The summed E-state index contributed by atoms with van der Waals surface area (Å²) in [5.41, 5.74) is 2.03. The molecule has 1 aliphatic heterocycles. The fourth-order valence-corrected chi connectivity index (χ4v) is 5.64. The molecule has 32 heavy (non-hydrogen) atoms. The molecule has 3 aromatic heterocycles. The fourth-order valence-electron chi connectivity index (χ4n) is 3.26. The molecule has 4 heterocycles. The van der Waals surface area contributed by atoms with E-state index in [4.69, 9.17) is 11.6 Å². The third-order valence-corrected chi connectivity index (χ3v) is 7.30. The van der Waals surface area contributed by atoms with Gasteiger partial charge in [0.25, 0.3) is 0 Å². The Kier molecular flexibility index (Phi) is 6.58. The number of carbonyl (C=O) groups excluding carboxylic acids is 1. The van der Waals surface area contributed by atoms with E-state index in [9.17, 15) is 13.2 Å². The van der Waals surface area contributed by atoms with Crippen LogP contribution >= 0.6 is 22.9 Å². The van der Waals surface area contributed by atoms with Gasteiger partial charge >= 0.3 is 0 Å². The van der Waals surface area contributed by atoms with Crippen LogP contribution in [-0.2, 0) is 14.8 Å². The first-order valence-electron chi connectivity index (χ1n) is 9.81. The second kappa shape index (κ2) is 9.24. The molecule has 13 heteroatoms. The highest BCUT2D eigenvalue weighted by molar-refractivity contribution is 7.92. The first kappa shape index (κ1) is 22.8. The van der Waals surface area contributed by atoms with E-state index < -0.39 is 10.0 Å². The Labute approximate surface area is 194 Å². The van der Waals surface area contributed by atoms with E-state index in [2.05, 4.69) is 29.9 Å². The number of sulfonamides is 1. The molecule has 0 spiro atoms. The zero-order chi connectivity index (χ0) is 22.9. The van der Waals surface area contributed by atoms with Crippen molar-refractivity contribution in [1.82, 2.24) is 24.8 Å². The Morgan fingerprint density at radius 3 is 2.69 bits per heavy atom. The molecule has 10 nitrogen and oxygen atoms in total. The standard InChI is InChI=1S/C19H22ClN7O3S2/c1-12(28)22-19-24-15-4-3-14(23-18(15)31-19)13-9-16(17(20)21-10-13)25-32(29,30)11-27-7-5-26(2)6-8-27/h3-4,9-10,25H,5-8,11H2,1-2H3,(H,22,24,28). The quantitative estimate of drug-likeness (QED) is 0.500. The number of hydrogen-bond acceptors (Lipinski definition) is 9. The number of fused-ring (bicyclic) bond motifs is 1. The monoisotopic (exact) mass is 495 g/mol. The fraction of sp³-hybridized carbons (Fsp3) is 0.368. The highest BCUT2D eigenvalue weighted by Gasteiger charge is 2.22. The molecule has 0 aromatic carbocycles. The minimum absolute atomic E-state index is 0.0579. The molecule has 0 radical (unpaired) electrons. The maximum Gasteiger partial charge on any atom is 0.246 e. The molecule has 1 aliphatic rings. The normalized spacial score (nSPS) is 15.7. The number of halogens is 1. The number of pyridine rings is 2. The molecule has 0 aliphatic carbocycles. The van der Waals surface area contributed by atoms with Gasteiger partial charge in [-0.1, -0.05) is 22.9 Å². The van der Waals surface area contributed by atoms with E-state index in [1.165, 1.54) is 24.5 Å². The lowest BCUT2D eigenvalue weighted by molar-refractivity contribution is -0.114. The largest absolute Gasteiger partial charge is 0.304 e. The predicted molar refractivity (Wildman–Crippen MR) is 126 cm³/mol. The van der Waals surface area contributed by atoms with E-state index in [1.807, 2.05) is 11.9 Å². The smallest absolute Gasteiger partial charge is 0.246 e. The summed E-state index contributed by atoms with van der Waals surface area (Å²) in [6, 6.07) is 5.15. The number of anilines is 2. The number of piperazine rings is 1. The summed E-state index contributed by atoms with van der Waals surface area (Å²) in [4.78, 5) is 29.0. The van der Waals surface area contributed by atoms with Crippen molar-refractivity contribution in [3.05, 3.63) is 29.5 Å². The van der Waals surface area contributed by atoms with Crippen molar-refractivity contribution in [3.63, 3.8) is 0 Å². The SMILES string of the molecule is CC(=O)Nc1nc2ccc(-c3cnc(Cl)c(NS(=O)(=O)CN4CCN(C)CC4)c3)nc2s1. The topological polar surface area (TPSA) is 120 Å². The molecular weight excluding hydrogens is 474 g/mol. The molecule has 0 atom stereocenters. The summed E-state index contributed by atoms with van der Waals surface area (Å²) in [7, 11) is -1.64. The minimum atomic E-state index is -3.65. The number of aromatic nitrogens is 3. The minimum Gasteiger partial charge on any atom is -0.304 e. The average molecular weight is 496 g/mol. The Hall–Kier alpha value is -2.38. The lowest BCUT2D eigenvalue weighted by atomic mass is 10.2. The molecule has 0 unspecified atom stereocenters. The average Bonchev–Trinajstić information content (AvgIpc) is 3.11. The van der Waals surface area contributed by atoms with E-state index in [0.717, 1.165) is 13.1 Å². The van der Waals surface area contributed by atoms with Crippen LogP contribution in [0.4, 0.5) is 10.8 Å². The highest BCUT2D eigenvalue weighted by Crippen LogP contribution is 2.30. The van der Waals surface area contributed by atoms with Crippen LogP contribution in [0.2, 0.25) is 5.15 Å². The van der Waals surface area contributed by atoms with Crippen molar-refractivity contribution in [2.45, 2.75) is 6.92 Å². The summed E-state index contributed by atoms with van der Waals surface area (Å²) < 4.78 is 28.0. The van der Waals surface area contributed by atoms with Crippen molar-refractivity contribution in [2.75, 3.05) is 49.1 Å². The Morgan fingerprint density at radius 1 is 1.22 bits per heavy atom. The lowest BCUT2D eigenvalue weighted by Crippen LogP contribution is -2.46. The van der Waals surface area contributed by atoms with Crippen molar-refractivity contribution < 1.29 is 13.2 Å². The zero-order valence-electron chi connectivity index (χ0n) is 17.5. The van der Waals surface area contributed by atoms with Crippen molar-refractivity contribution in [2.24, 2.45) is 0 Å². The van der Waals surface area contributed by atoms with Gasteiger partial charge in [0.1, 0.15) is 16.2 Å². The number of carbonyl (C=O) groups is 1. The van der Waals surface area contributed by atoms with Gasteiger partial charge in [-0.25, -0.2) is 23.4 Å². The van der Waals surface area contributed by atoms with Gasteiger partial charge < -0.3 is 10.2 Å². The van der Waals surface area contributed by atoms with Crippen LogP contribution in [-0.4, -0.2) is 78.2 Å². The molecule has 1 amide bonds. The number of nitrogens with one attached hydrogen (secondary N) is 2. The summed E-state index contributed by atoms with van der Waals surface area (Å²) in [6.07, 6.45) is 1.53. The Balaban J connectivity index is 1.55. The Morgan fingerprint density at radius 2 is 1.97 bits per heavy atom. The summed E-state index contributed by atoms with van der Waals surface area (Å²) in [5.74, 6) is -0.321. The maximum absolute atomic E-state index is 12.7. The summed E-state index contributed by atoms with van der Waals surface area (Å²) >= 11 is 7.42. The van der Waals surface area contributed by atoms with Gasteiger partial charge in [0.05, 0.1) is 11.4 Å². The Bertz CT molecular complexity index is 1260. The molecule has 3 aromatic rings. The van der Waals surface area contributed by atoms with Gasteiger partial charge in [-0.15, -0.1) is 0 Å². The zero-order valence-corrected chi connectivity index (χ0v) is 19.9. The lowest BCUT2D eigenvalue weighted by Gasteiger charge is -2.31. The first-order valence-corrected chi connectivity index (χ1v) is 12.7. The van der Waals surface area contributed by atoms with E-state index in [-0.39, 0.29) is 22.6 Å². The molecule has 1 fully saturated rings. The van der Waals surface area contributed by atoms with Crippen molar-refractivity contribution >= 4 is 60.0 Å². The molecule has 0 saturated carbocycles. The maximum atomic E-state index is 12.7. The number of nitrogens with zero attached hydrogens (tertiary/aromatic N) is 5. The van der Waals surface area contributed by atoms with Crippen LogP contribution in [0.25, 0.3) is 21.6 Å². The van der Waals surface area contributed by atoms with E-state index in [0.29, 0.717) is 39.8 Å². The molecule has 1 saturated heterocycles.